The molecule has 0 aliphatic rings. The van der Waals surface area contributed by atoms with Crippen LogP contribution in [0, 0.1) is 17.0 Å². The predicted octanol–water partition coefficient (Wildman–Crippen LogP) is 2.59. The lowest BCUT2D eigenvalue weighted by Crippen LogP contribution is -2.15. The predicted molar refractivity (Wildman–Crippen MR) is 79.6 cm³/mol. The smallest absolute Gasteiger partial charge is 0.293 e. The van der Waals surface area contributed by atoms with Crippen molar-refractivity contribution in [1.82, 2.24) is 4.98 Å². The number of amides is 1. The lowest BCUT2D eigenvalue weighted by Gasteiger charge is -2.10. The molecule has 7 nitrogen and oxygen atoms in total. The average molecular weight is 286 g/mol. The SMILES string of the molecule is CNc1c(C(=O)Nc2cccc(C)n2)cccc1[N+](=O)[O-]. The first-order valence-corrected chi connectivity index (χ1v) is 6.23. The molecule has 2 rings (SSSR count). The van der Waals surface area contributed by atoms with Crippen LogP contribution in [-0.4, -0.2) is 22.9 Å². The number of nitrogens with zero attached hydrogens (tertiary/aromatic N) is 2. The van der Waals surface area contributed by atoms with Gasteiger partial charge in [-0.3, -0.25) is 14.9 Å². The normalized spacial score (nSPS) is 10.0. The first-order valence-electron chi connectivity index (χ1n) is 6.23. The Morgan fingerprint density at radius 3 is 2.57 bits per heavy atom. The van der Waals surface area contributed by atoms with Gasteiger partial charge in [0.05, 0.1) is 10.5 Å². The van der Waals surface area contributed by atoms with Gasteiger partial charge in [-0.05, 0) is 25.1 Å². The Labute approximate surface area is 121 Å². The van der Waals surface area contributed by atoms with Crippen molar-refractivity contribution < 1.29 is 9.72 Å². The van der Waals surface area contributed by atoms with Crippen molar-refractivity contribution in [2.24, 2.45) is 0 Å². The highest BCUT2D eigenvalue weighted by molar-refractivity contribution is 6.08. The highest BCUT2D eigenvalue weighted by Gasteiger charge is 2.20. The van der Waals surface area contributed by atoms with Gasteiger partial charge in [0.15, 0.2) is 0 Å². The van der Waals surface area contributed by atoms with Crippen LogP contribution in [0.5, 0.6) is 0 Å². The number of benzene rings is 1. The maximum atomic E-state index is 12.3. The summed E-state index contributed by atoms with van der Waals surface area (Å²) in [5.41, 5.74) is 0.977. The Balaban J connectivity index is 2.35. The van der Waals surface area contributed by atoms with Crippen molar-refractivity contribution in [2.75, 3.05) is 17.7 Å². The monoisotopic (exact) mass is 286 g/mol. The fourth-order valence-electron chi connectivity index (χ4n) is 1.94. The molecule has 0 aliphatic heterocycles. The van der Waals surface area contributed by atoms with Crippen LogP contribution in [0.3, 0.4) is 0 Å². The van der Waals surface area contributed by atoms with Crippen LogP contribution in [0.25, 0.3) is 0 Å². The van der Waals surface area contributed by atoms with Gasteiger partial charge in [0.2, 0.25) is 0 Å². The number of pyridine rings is 1. The number of hydrogen-bond acceptors (Lipinski definition) is 5. The molecule has 2 aromatic rings. The van der Waals surface area contributed by atoms with Gasteiger partial charge in [-0.2, -0.15) is 0 Å². The van der Waals surface area contributed by atoms with Crippen LogP contribution in [0.4, 0.5) is 17.2 Å². The van der Waals surface area contributed by atoms with E-state index in [2.05, 4.69) is 15.6 Å². The van der Waals surface area contributed by atoms with E-state index in [1.807, 2.05) is 13.0 Å². The summed E-state index contributed by atoms with van der Waals surface area (Å²) in [6.07, 6.45) is 0. The zero-order valence-corrected chi connectivity index (χ0v) is 11.6. The van der Waals surface area contributed by atoms with E-state index < -0.39 is 10.8 Å². The highest BCUT2D eigenvalue weighted by atomic mass is 16.6. The molecule has 21 heavy (non-hydrogen) atoms. The van der Waals surface area contributed by atoms with E-state index >= 15 is 0 Å². The molecule has 0 aliphatic carbocycles. The van der Waals surface area contributed by atoms with E-state index in [1.165, 1.54) is 25.2 Å². The van der Waals surface area contributed by atoms with Crippen molar-refractivity contribution in [3.63, 3.8) is 0 Å². The Kier molecular flexibility index (Phi) is 4.13. The molecule has 0 saturated heterocycles. The average Bonchev–Trinajstić information content (AvgIpc) is 2.46. The molecule has 0 spiro atoms. The zero-order valence-electron chi connectivity index (χ0n) is 11.6. The number of para-hydroxylation sites is 1. The molecule has 7 heteroatoms. The second-order valence-corrected chi connectivity index (χ2v) is 4.33. The number of carbonyl (C=O) groups excluding carboxylic acids is 1. The second kappa shape index (κ2) is 6.00. The van der Waals surface area contributed by atoms with Gasteiger partial charge in [0.1, 0.15) is 11.5 Å². The molecular formula is C14H14N4O3. The number of hydrogen-bond donors (Lipinski definition) is 2. The van der Waals surface area contributed by atoms with Gasteiger partial charge >= 0.3 is 0 Å². The van der Waals surface area contributed by atoms with Crippen LogP contribution in [0.1, 0.15) is 16.1 Å². The maximum Gasteiger partial charge on any atom is 0.293 e. The summed E-state index contributed by atoms with van der Waals surface area (Å²) < 4.78 is 0. The lowest BCUT2D eigenvalue weighted by molar-refractivity contribution is -0.384. The number of nitrogens with one attached hydrogen (secondary N) is 2. The maximum absolute atomic E-state index is 12.3. The highest BCUT2D eigenvalue weighted by Crippen LogP contribution is 2.28. The minimum Gasteiger partial charge on any atom is -0.382 e. The van der Waals surface area contributed by atoms with E-state index in [1.54, 1.807) is 12.1 Å². The van der Waals surface area contributed by atoms with Crippen LogP contribution < -0.4 is 10.6 Å². The summed E-state index contributed by atoms with van der Waals surface area (Å²) in [4.78, 5) is 26.9. The standard InChI is InChI=1S/C14H14N4O3/c1-9-5-3-8-12(16-9)17-14(19)10-6-4-7-11(18(20)21)13(10)15-2/h3-8,15H,1-2H3,(H,16,17,19). The fourth-order valence-corrected chi connectivity index (χ4v) is 1.94. The van der Waals surface area contributed by atoms with Crippen molar-refractivity contribution >= 4 is 23.1 Å². The number of aryl methyl sites for hydroxylation is 1. The van der Waals surface area contributed by atoms with Crippen LogP contribution in [-0.2, 0) is 0 Å². The molecule has 0 bridgehead atoms. The minimum absolute atomic E-state index is 0.151. The van der Waals surface area contributed by atoms with Crippen molar-refractivity contribution in [3.05, 3.63) is 57.8 Å². The number of nitro benzene ring substituents is 1. The fraction of sp³-hybridized carbons (Fsp3) is 0.143. The summed E-state index contributed by atoms with van der Waals surface area (Å²) in [6, 6.07) is 9.56. The molecule has 0 radical (unpaired) electrons. The summed E-state index contributed by atoms with van der Waals surface area (Å²) in [6.45, 7) is 1.81. The Hall–Kier alpha value is -2.96. The Morgan fingerprint density at radius 1 is 1.24 bits per heavy atom. The third-order valence-corrected chi connectivity index (χ3v) is 2.86. The quantitative estimate of drug-likeness (QED) is 0.665. The van der Waals surface area contributed by atoms with Gasteiger partial charge in [0, 0.05) is 18.8 Å². The van der Waals surface area contributed by atoms with Crippen LogP contribution in [0.2, 0.25) is 0 Å². The van der Waals surface area contributed by atoms with Gasteiger partial charge in [-0.15, -0.1) is 0 Å². The molecule has 0 unspecified atom stereocenters. The lowest BCUT2D eigenvalue weighted by atomic mass is 10.1. The molecule has 1 amide bonds. The third kappa shape index (κ3) is 3.14. The zero-order chi connectivity index (χ0) is 15.4. The van der Waals surface area contributed by atoms with Crippen molar-refractivity contribution in [2.45, 2.75) is 6.92 Å². The summed E-state index contributed by atoms with van der Waals surface area (Å²) in [5, 5.41) is 16.3. The Morgan fingerprint density at radius 2 is 1.95 bits per heavy atom. The minimum atomic E-state index is -0.534. The number of nitro groups is 1. The number of rotatable bonds is 4. The van der Waals surface area contributed by atoms with Crippen LogP contribution in [0.15, 0.2) is 36.4 Å². The molecular weight excluding hydrogens is 272 g/mol. The molecule has 0 saturated carbocycles. The Bertz CT molecular complexity index is 700. The number of carbonyl (C=O) groups is 1. The van der Waals surface area contributed by atoms with E-state index in [-0.39, 0.29) is 16.9 Å². The van der Waals surface area contributed by atoms with Crippen molar-refractivity contribution in [1.29, 1.82) is 0 Å². The summed E-state index contributed by atoms with van der Waals surface area (Å²) >= 11 is 0. The van der Waals surface area contributed by atoms with Gasteiger partial charge in [-0.25, -0.2) is 4.98 Å². The molecule has 0 atom stereocenters. The largest absolute Gasteiger partial charge is 0.382 e. The number of anilines is 2. The molecule has 0 fully saturated rings. The van der Waals surface area contributed by atoms with E-state index in [4.69, 9.17) is 0 Å². The summed E-state index contributed by atoms with van der Waals surface area (Å²) in [5.74, 6) is -0.0605. The molecule has 1 aromatic heterocycles. The number of aromatic nitrogens is 1. The third-order valence-electron chi connectivity index (χ3n) is 2.86. The van der Waals surface area contributed by atoms with Gasteiger partial charge in [-0.1, -0.05) is 12.1 Å². The van der Waals surface area contributed by atoms with Crippen LogP contribution >= 0.6 is 0 Å². The molecule has 108 valence electrons. The topological polar surface area (TPSA) is 97.2 Å². The first-order chi connectivity index (χ1) is 10.0. The summed E-state index contributed by atoms with van der Waals surface area (Å²) in [7, 11) is 1.53. The molecule has 1 aromatic carbocycles. The first kappa shape index (κ1) is 14.4. The molecule has 2 N–H and O–H groups in total. The van der Waals surface area contributed by atoms with Gasteiger partial charge in [0.25, 0.3) is 11.6 Å². The van der Waals surface area contributed by atoms with Crippen molar-refractivity contribution in [3.8, 4) is 0 Å². The second-order valence-electron chi connectivity index (χ2n) is 4.33. The van der Waals surface area contributed by atoms with E-state index in [0.717, 1.165) is 5.69 Å². The van der Waals surface area contributed by atoms with Gasteiger partial charge < -0.3 is 10.6 Å². The van der Waals surface area contributed by atoms with E-state index in [0.29, 0.717) is 5.82 Å². The molecule has 1 heterocycles. The van der Waals surface area contributed by atoms with E-state index in [9.17, 15) is 14.9 Å².